The SMILES string of the molecule is [2H]C(=O)CNC(=O)[C@H](CCCNC(N)=O)CC(=O)[C@H](CC1=CCc2ccccc21)NC(=O)CCCCCN1C(=O)C=CC1=O. The highest BCUT2D eigenvalue weighted by Crippen LogP contribution is 2.31. The van der Waals surface area contributed by atoms with Crippen molar-refractivity contribution in [3.8, 4) is 0 Å². The quantitative estimate of drug-likeness (QED) is 0.106. The lowest BCUT2D eigenvalue weighted by atomic mass is 9.90. The fourth-order valence-electron chi connectivity index (χ4n) is 5.20. The molecule has 0 aromatic heterocycles. The highest BCUT2D eigenvalue weighted by Gasteiger charge is 2.29. The van der Waals surface area contributed by atoms with Gasteiger partial charge in [-0.1, -0.05) is 36.8 Å². The van der Waals surface area contributed by atoms with Crippen LogP contribution in [0.25, 0.3) is 5.57 Å². The molecule has 3 rings (SSSR count). The third-order valence-electron chi connectivity index (χ3n) is 7.45. The molecule has 1 aromatic carbocycles. The largest absolute Gasteiger partial charge is 0.352 e. The number of rotatable bonds is 19. The van der Waals surface area contributed by atoms with Crippen LogP contribution >= 0.6 is 0 Å². The number of ketones is 1. The fourth-order valence-corrected chi connectivity index (χ4v) is 5.20. The number of urea groups is 1. The Morgan fingerprint density at radius 1 is 1.02 bits per heavy atom. The van der Waals surface area contributed by atoms with Gasteiger partial charge < -0.3 is 26.5 Å². The predicted molar refractivity (Wildman–Crippen MR) is 158 cm³/mol. The molecule has 6 amide bonds. The standard InChI is InChI=1S/C31H39N5O7/c32-31(43)34-15-6-8-23(30(42)33-16-18-37)20-26(38)25(19-22-12-11-21-7-3-4-9-24(21)22)35-27(39)10-2-1-5-17-36-28(40)13-14-29(36)41/h3-4,7,9,12-14,18,23,25H,1-2,5-6,8,10-11,15-17,19-20H2,(H,33,42)(H,35,39)(H3,32,34,43)/t23-,25+/m1/s1/i18D. The van der Waals surface area contributed by atoms with Crippen molar-refractivity contribution >= 4 is 47.3 Å². The van der Waals surface area contributed by atoms with Crippen molar-refractivity contribution in [3.63, 3.8) is 0 Å². The van der Waals surface area contributed by atoms with Gasteiger partial charge >= 0.3 is 6.03 Å². The molecule has 1 heterocycles. The average Bonchev–Trinajstić information content (AvgIpc) is 3.54. The number of carbonyl (C=O) groups excluding carboxylic acids is 7. The van der Waals surface area contributed by atoms with Gasteiger partial charge in [-0.2, -0.15) is 0 Å². The Kier molecular flexibility index (Phi) is 12.2. The molecular formula is C31H39N5O7. The summed E-state index contributed by atoms with van der Waals surface area (Å²) in [5, 5.41) is 7.66. The molecule has 5 N–H and O–H groups in total. The van der Waals surface area contributed by atoms with Gasteiger partial charge in [0.25, 0.3) is 11.8 Å². The van der Waals surface area contributed by atoms with Crippen LogP contribution in [-0.2, 0) is 35.2 Å². The van der Waals surface area contributed by atoms with Gasteiger partial charge in [-0.05, 0) is 48.8 Å². The number of carbonyl (C=O) groups is 7. The monoisotopic (exact) mass is 594 g/mol. The molecule has 43 heavy (non-hydrogen) atoms. The number of hydrogen-bond acceptors (Lipinski definition) is 7. The van der Waals surface area contributed by atoms with E-state index < -0.39 is 36.7 Å². The smallest absolute Gasteiger partial charge is 0.312 e. The molecule has 12 heteroatoms. The lowest BCUT2D eigenvalue weighted by Crippen LogP contribution is -2.43. The Morgan fingerprint density at radius 2 is 1.77 bits per heavy atom. The first-order chi connectivity index (χ1) is 21.0. The summed E-state index contributed by atoms with van der Waals surface area (Å²) in [6, 6.07) is 6.17. The summed E-state index contributed by atoms with van der Waals surface area (Å²) >= 11 is 0. The molecule has 0 bridgehead atoms. The second kappa shape index (κ2) is 16.7. The minimum atomic E-state index is -0.980. The van der Waals surface area contributed by atoms with Crippen LogP contribution in [0, 0.1) is 5.92 Å². The van der Waals surface area contributed by atoms with E-state index in [1.165, 1.54) is 12.2 Å². The summed E-state index contributed by atoms with van der Waals surface area (Å²) in [5.41, 5.74) is 8.13. The van der Waals surface area contributed by atoms with Gasteiger partial charge in [0.15, 0.2) is 5.78 Å². The Balaban J connectivity index is 1.63. The zero-order valence-corrected chi connectivity index (χ0v) is 24.1. The molecule has 0 radical (unpaired) electrons. The maximum atomic E-state index is 13.7. The van der Waals surface area contributed by atoms with Crippen LogP contribution in [0.4, 0.5) is 4.79 Å². The highest BCUT2D eigenvalue weighted by molar-refractivity contribution is 6.12. The van der Waals surface area contributed by atoms with E-state index in [0.717, 1.165) is 21.6 Å². The van der Waals surface area contributed by atoms with Crippen molar-refractivity contribution < 1.29 is 34.9 Å². The van der Waals surface area contributed by atoms with Crippen LogP contribution in [-0.4, -0.2) is 72.3 Å². The van der Waals surface area contributed by atoms with Crippen LogP contribution in [0.2, 0.25) is 0 Å². The second-order valence-electron chi connectivity index (χ2n) is 10.5. The van der Waals surface area contributed by atoms with E-state index in [-0.39, 0.29) is 62.3 Å². The number of Topliss-reactive ketones (excluding diaryl/α,β-unsaturated/α-hetero) is 1. The number of imide groups is 1. The topological polar surface area (TPSA) is 185 Å². The summed E-state index contributed by atoms with van der Waals surface area (Å²) < 4.78 is 7.07. The van der Waals surface area contributed by atoms with E-state index in [0.29, 0.717) is 32.1 Å². The summed E-state index contributed by atoms with van der Waals surface area (Å²) in [4.78, 5) is 86.1. The third-order valence-corrected chi connectivity index (χ3v) is 7.45. The van der Waals surface area contributed by atoms with E-state index in [1.54, 1.807) is 0 Å². The molecule has 1 aromatic rings. The van der Waals surface area contributed by atoms with Crippen molar-refractivity contribution in [3.05, 3.63) is 53.6 Å². The van der Waals surface area contributed by atoms with Crippen LogP contribution in [0.5, 0.6) is 0 Å². The van der Waals surface area contributed by atoms with Crippen LogP contribution in [0.1, 0.15) is 63.9 Å². The summed E-state index contributed by atoms with van der Waals surface area (Å²) in [5.74, 6) is -2.82. The number of fused-ring (bicyclic) bond motifs is 1. The molecule has 0 fully saturated rings. The Labute approximate surface area is 251 Å². The maximum Gasteiger partial charge on any atom is 0.312 e. The van der Waals surface area contributed by atoms with E-state index in [4.69, 9.17) is 7.10 Å². The Morgan fingerprint density at radius 3 is 2.49 bits per heavy atom. The second-order valence-corrected chi connectivity index (χ2v) is 10.5. The number of benzene rings is 1. The summed E-state index contributed by atoms with van der Waals surface area (Å²) in [6.45, 7) is -0.0419. The molecule has 12 nitrogen and oxygen atoms in total. The number of allylic oxidation sites excluding steroid dienone is 1. The number of hydrogen-bond donors (Lipinski definition) is 4. The highest BCUT2D eigenvalue weighted by atomic mass is 16.2. The molecule has 0 unspecified atom stereocenters. The maximum absolute atomic E-state index is 13.7. The third kappa shape index (κ3) is 10.3. The van der Waals surface area contributed by atoms with Crippen molar-refractivity contribution in [2.24, 2.45) is 11.7 Å². The molecule has 230 valence electrons. The summed E-state index contributed by atoms with van der Waals surface area (Å²) in [6.07, 6.45) is 6.51. The molecule has 0 saturated carbocycles. The lowest BCUT2D eigenvalue weighted by Gasteiger charge is -2.22. The number of nitrogens with zero attached hydrogens (tertiary/aromatic N) is 1. The van der Waals surface area contributed by atoms with Crippen molar-refractivity contribution in [1.29, 1.82) is 0 Å². The first-order valence-corrected chi connectivity index (χ1v) is 14.5. The fraction of sp³-hybridized carbons (Fsp3) is 0.452. The van der Waals surface area contributed by atoms with Crippen molar-refractivity contribution in [1.82, 2.24) is 20.9 Å². The van der Waals surface area contributed by atoms with Crippen LogP contribution in [0.15, 0.2) is 42.5 Å². The number of unbranched alkanes of at least 4 members (excludes halogenated alkanes) is 2. The zero-order valence-electron chi connectivity index (χ0n) is 25.1. The van der Waals surface area contributed by atoms with Crippen LogP contribution < -0.4 is 21.7 Å². The van der Waals surface area contributed by atoms with E-state index in [1.807, 2.05) is 30.3 Å². The van der Waals surface area contributed by atoms with Gasteiger partial charge in [0, 0.05) is 50.4 Å². The Bertz CT molecular complexity index is 1320. The zero-order chi connectivity index (χ0) is 32.1. The van der Waals surface area contributed by atoms with Gasteiger partial charge in [0.2, 0.25) is 11.8 Å². The van der Waals surface area contributed by atoms with Gasteiger partial charge in [-0.15, -0.1) is 0 Å². The van der Waals surface area contributed by atoms with Crippen LogP contribution in [0.3, 0.4) is 0 Å². The minimum absolute atomic E-state index is 0.133. The number of aldehydes is 1. The van der Waals surface area contributed by atoms with E-state index in [2.05, 4.69) is 16.0 Å². The average molecular weight is 595 g/mol. The molecule has 1 aliphatic heterocycles. The molecule has 2 aliphatic rings. The minimum Gasteiger partial charge on any atom is -0.352 e. The van der Waals surface area contributed by atoms with Crippen molar-refractivity contribution in [2.75, 3.05) is 19.6 Å². The molecule has 2 atom stereocenters. The van der Waals surface area contributed by atoms with Gasteiger partial charge in [0.1, 0.15) is 7.63 Å². The van der Waals surface area contributed by atoms with E-state index in [9.17, 15) is 33.6 Å². The predicted octanol–water partition coefficient (Wildman–Crippen LogP) is 1.33. The molecular weight excluding hydrogens is 554 g/mol. The first kappa shape index (κ1) is 31.3. The number of primary amides is 1. The number of amides is 6. The summed E-state index contributed by atoms with van der Waals surface area (Å²) in [7, 11) is 0. The van der Waals surface area contributed by atoms with E-state index >= 15 is 0 Å². The number of nitrogens with two attached hydrogens (primary N) is 1. The molecule has 0 spiro atoms. The lowest BCUT2D eigenvalue weighted by molar-refractivity contribution is -0.137. The molecule has 1 aliphatic carbocycles. The van der Waals surface area contributed by atoms with Gasteiger partial charge in [0.05, 0.1) is 12.6 Å². The van der Waals surface area contributed by atoms with Crippen molar-refractivity contribution in [2.45, 2.75) is 63.8 Å². The number of nitrogens with one attached hydrogen (secondary N) is 3. The normalized spacial score (nSPS) is 15.3. The van der Waals surface area contributed by atoms with Gasteiger partial charge in [-0.25, -0.2) is 4.79 Å². The molecule has 0 saturated heterocycles. The first-order valence-electron chi connectivity index (χ1n) is 15.0. The van der Waals surface area contributed by atoms with Gasteiger partial charge in [-0.3, -0.25) is 28.9 Å². The Hall–Kier alpha value is -4.61.